The fourth-order valence-electron chi connectivity index (χ4n) is 8.16. The van der Waals surface area contributed by atoms with E-state index in [1.807, 2.05) is 18.2 Å². The highest BCUT2D eigenvalue weighted by molar-refractivity contribution is 6.44. The molecule has 5 atom stereocenters. The first-order valence-corrected chi connectivity index (χ1v) is 14.4. The van der Waals surface area contributed by atoms with E-state index in [4.69, 9.17) is 15.7 Å². The lowest BCUT2D eigenvalue weighted by atomic mass is 9.68. The molecule has 1 aromatic heterocycles. The molecule has 3 N–H and O–H groups in total. The summed E-state index contributed by atoms with van der Waals surface area (Å²) in [6.07, 6.45) is 13.4. The van der Waals surface area contributed by atoms with Crippen LogP contribution in [-0.2, 0) is 14.4 Å². The van der Waals surface area contributed by atoms with Crippen LogP contribution >= 0.6 is 0 Å². The zero-order valence-electron chi connectivity index (χ0n) is 22.2. The van der Waals surface area contributed by atoms with E-state index in [1.54, 1.807) is 10.6 Å². The number of oxime groups is 1. The Morgan fingerprint density at radius 1 is 0.949 bits per heavy atom. The number of hydrogen-bond acceptors (Lipinski definition) is 7. The number of carboxylic acid groups (broad SMARTS) is 1. The van der Waals surface area contributed by atoms with Crippen molar-refractivity contribution in [2.24, 2.45) is 22.7 Å². The molecule has 1 amide bonds. The number of fused-ring (bicyclic) bond motifs is 5. The van der Waals surface area contributed by atoms with Gasteiger partial charge in [-0.05, 0) is 68.9 Å². The zero-order valence-corrected chi connectivity index (χ0v) is 22.2. The highest BCUT2D eigenvalue weighted by Crippen LogP contribution is 2.47. The van der Waals surface area contributed by atoms with Crippen LogP contribution in [-0.4, -0.2) is 61.9 Å². The minimum atomic E-state index is -1.26. The molecule has 2 saturated heterocycles. The molecule has 1 aromatic carbocycles. The van der Waals surface area contributed by atoms with Crippen molar-refractivity contribution in [2.45, 2.75) is 94.8 Å². The van der Waals surface area contributed by atoms with Crippen LogP contribution in [0.25, 0.3) is 11.0 Å². The molecular weight excluding hydrogens is 498 g/mol. The molecule has 2 aliphatic heterocycles. The Kier molecular flexibility index (Phi) is 7.14. The van der Waals surface area contributed by atoms with Crippen molar-refractivity contribution < 1.29 is 19.5 Å². The number of carbonyl (C=O) groups excluding carboxylic acids is 1. The topological polar surface area (TPSA) is 140 Å². The molecule has 6 rings (SSSR count). The van der Waals surface area contributed by atoms with Gasteiger partial charge in [-0.25, -0.2) is 9.78 Å². The minimum absolute atomic E-state index is 0.0483. The third kappa shape index (κ3) is 5.06. The SMILES string of the molecule is NC(=O)/C(=N\OCC(=O)O)c1nc2ccccc2n([C@H]2C[C@H]3CCC[C@@H](C2)N3C2CC3CCCC(C3)C2)c1=O. The predicted octanol–water partition coefficient (Wildman–Crippen LogP) is 3.21. The number of nitrogens with zero attached hydrogens (tertiary/aromatic N) is 4. The lowest BCUT2D eigenvalue weighted by Gasteiger charge is -2.55. The molecule has 2 aliphatic carbocycles. The van der Waals surface area contributed by atoms with Gasteiger partial charge in [-0.15, -0.1) is 0 Å². The van der Waals surface area contributed by atoms with Crippen molar-refractivity contribution in [3.63, 3.8) is 0 Å². The van der Waals surface area contributed by atoms with E-state index in [2.05, 4.69) is 15.0 Å². The van der Waals surface area contributed by atoms with Gasteiger partial charge in [0, 0.05) is 24.2 Å². The average Bonchev–Trinajstić information content (AvgIpc) is 2.90. The Balaban J connectivity index is 1.35. The normalized spacial score (nSPS) is 31.1. The number of para-hydroxylation sites is 2. The van der Waals surface area contributed by atoms with Crippen LogP contribution in [0.1, 0.15) is 82.4 Å². The van der Waals surface area contributed by atoms with Crippen molar-refractivity contribution in [3.05, 3.63) is 40.3 Å². The molecule has 2 aromatic rings. The van der Waals surface area contributed by atoms with Crippen molar-refractivity contribution in [2.75, 3.05) is 6.61 Å². The van der Waals surface area contributed by atoms with Crippen molar-refractivity contribution >= 4 is 28.6 Å². The molecule has 39 heavy (non-hydrogen) atoms. The van der Waals surface area contributed by atoms with Gasteiger partial charge in [-0.1, -0.05) is 43.0 Å². The van der Waals surface area contributed by atoms with Crippen LogP contribution in [0.15, 0.2) is 34.2 Å². The summed E-state index contributed by atoms with van der Waals surface area (Å²) in [4.78, 5) is 49.2. The van der Waals surface area contributed by atoms with E-state index in [1.165, 1.54) is 44.9 Å². The lowest BCUT2D eigenvalue weighted by Crippen LogP contribution is -2.58. The number of aromatic nitrogens is 2. The quantitative estimate of drug-likeness (QED) is 0.410. The molecular formula is C29H37N5O5. The van der Waals surface area contributed by atoms with Crippen LogP contribution in [0.3, 0.4) is 0 Å². The summed E-state index contributed by atoms with van der Waals surface area (Å²) in [6.45, 7) is -0.761. The third-order valence-electron chi connectivity index (χ3n) is 9.49. The summed E-state index contributed by atoms with van der Waals surface area (Å²) in [6, 6.07) is 8.85. The molecule has 4 bridgehead atoms. The molecule has 4 aliphatic rings. The van der Waals surface area contributed by atoms with Crippen LogP contribution in [0.2, 0.25) is 0 Å². The average molecular weight is 536 g/mol. The standard InChI is InChI=1S/C29H37N5O5/c30-28(37)26(32-39-16-25(35)36)27-29(38)34(24-10-2-1-9-23(24)31-27)22-14-19-7-4-8-20(15-22)33(19)21-12-17-5-3-6-18(11-17)13-21/h1-2,9-10,17-22H,3-8,11-16H2,(H2,30,37)(H,35,36)/b32-26-/t17?,18?,19-,20+,21?,22+. The van der Waals surface area contributed by atoms with Gasteiger partial charge in [0.2, 0.25) is 6.61 Å². The number of nitrogens with two attached hydrogens (primary N) is 1. The van der Waals surface area contributed by atoms with Gasteiger partial charge in [-0.3, -0.25) is 14.5 Å². The summed E-state index contributed by atoms with van der Waals surface area (Å²) in [5.74, 6) is -0.525. The first-order chi connectivity index (χ1) is 18.9. The number of carboxylic acids is 1. The van der Waals surface area contributed by atoms with Crippen LogP contribution < -0.4 is 11.3 Å². The molecule has 2 saturated carbocycles. The summed E-state index contributed by atoms with van der Waals surface area (Å²) in [7, 11) is 0. The predicted molar refractivity (Wildman–Crippen MR) is 145 cm³/mol. The van der Waals surface area contributed by atoms with Gasteiger partial charge in [0.05, 0.1) is 11.0 Å². The Hall–Kier alpha value is -3.27. The Labute approximate surface area is 227 Å². The highest BCUT2D eigenvalue weighted by Gasteiger charge is 2.45. The van der Waals surface area contributed by atoms with E-state index in [9.17, 15) is 14.4 Å². The van der Waals surface area contributed by atoms with Gasteiger partial charge >= 0.3 is 5.97 Å². The zero-order chi connectivity index (χ0) is 27.1. The van der Waals surface area contributed by atoms with E-state index < -0.39 is 29.8 Å². The van der Waals surface area contributed by atoms with Crippen molar-refractivity contribution in [1.29, 1.82) is 0 Å². The fraction of sp³-hybridized carbons (Fsp3) is 0.621. The lowest BCUT2D eigenvalue weighted by molar-refractivity contribution is -0.142. The largest absolute Gasteiger partial charge is 0.479 e. The number of amides is 1. The summed E-state index contributed by atoms with van der Waals surface area (Å²) < 4.78 is 1.78. The number of carbonyl (C=O) groups is 2. The maximum absolute atomic E-state index is 14.0. The van der Waals surface area contributed by atoms with Crippen LogP contribution in [0.4, 0.5) is 0 Å². The number of piperidine rings is 2. The number of primary amides is 1. The minimum Gasteiger partial charge on any atom is -0.479 e. The Morgan fingerprint density at radius 3 is 2.28 bits per heavy atom. The van der Waals surface area contributed by atoms with E-state index in [0.29, 0.717) is 29.2 Å². The maximum atomic E-state index is 14.0. The fourth-order valence-corrected chi connectivity index (χ4v) is 8.16. The monoisotopic (exact) mass is 535 g/mol. The number of benzene rings is 1. The number of aliphatic carboxylic acids is 1. The smallest absolute Gasteiger partial charge is 0.344 e. The Morgan fingerprint density at radius 2 is 1.62 bits per heavy atom. The summed E-state index contributed by atoms with van der Waals surface area (Å²) >= 11 is 0. The van der Waals surface area contributed by atoms with Gasteiger partial charge in [-0.2, -0.15) is 0 Å². The second-order valence-electron chi connectivity index (χ2n) is 11.9. The molecule has 2 unspecified atom stereocenters. The second-order valence-corrected chi connectivity index (χ2v) is 11.9. The Bertz CT molecular complexity index is 1330. The second kappa shape index (κ2) is 10.7. The first kappa shape index (κ1) is 26.0. The van der Waals surface area contributed by atoms with Gasteiger partial charge in [0.25, 0.3) is 11.5 Å². The van der Waals surface area contributed by atoms with E-state index in [-0.39, 0.29) is 11.7 Å². The molecule has 0 spiro atoms. The summed E-state index contributed by atoms with van der Waals surface area (Å²) in [5, 5.41) is 12.5. The maximum Gasteiger partial charge on any atom is 0.344 e. The number of rotatable bonds is 7. The molecule has 3 heterocycles. The van der Waals surface area contributed by atoms with Crippen LogP contribution in [0, 0.1) is 11.8 Å². The van der Waals surface area contributed by atoms with Gasteiger partial charge in [0.1, 0.15) is 0 Å². The third-order valence-corrected chi connectivity index (χ3v) is 9.49. The molecule has 0 radical (unpaired) electrons. The van der Waals surface area contributed by atoms with Crippen molar-refractivity contribution in [3.8, 4) is 0 Å². The van der Waals surface area contributed by atoms with Gasteiger partial charge < -0.3 is 20.2 Å². The highest BCUT2D eigenvalue weighted by atomic mass is 16.6. The number of hydrogen-bond donors (Lipinski definition) is 2. The summed E-state index contributed by atoms with van der Waals surface area (Å²) in [5.41, 5.74) is 5.69. The van der Waals surface area contributed by atoms with Gasteiger partial charge in [0.15, 0.2) is 11.4 Å². The molecule has 10 nitrogen and oxygen atoms in total. The molecule has 4 fully saturated rings. The van der Waals surface area contributed by atoms with Crippen LogP contribution in [0.5, 0.6) is 0 Å². The first-order valence-electron chi connectivity index (χ1n) is 14.4. The van der Waals surface area contributed by atoms with Crippen molar-refractivity contribution in [1.82, 2.24) is 14.5 Å². The molecule has 208 valence electrons. The van der Waals surface area contributed by atoms with E-state index in [0.717, 1.165) is 37.5 Å². The van der Waals surface area contributed by atoms with E-state index >= 15 is 0 Å². The molecule has 10 heteroatoms.